The van der Waals surface area contributed by atoms with Crippen LogP contribution in [-0.2, 0) is 13.0 Å². The van der Waals surface area contributed by atoms with E-state index >= 15 is 0 Å². The highest BCUT2D eigenvalue weighted by Gasteiger charge is 2.25. The second-order valence-corrected chi connectivity index (χ2v) is 4.67. The molecule has 0 saturated carbocycles. The van der Waals surface area contributed by atoms with Gasteiger partial charge in [-0.05, 0) is 6.07 Å². The summed E-state index contributed by atoms with van der Waals surface area (Å²) >= 11 is 0. The molecule has 1 aromatic carbocycles. The number of rotatable bonds is 1. The van der Waals surface area contributed by atoms with Gasteiger partial charge in [-0.3, -0.25) is 0 Å². The first-order valence-corrected chi connectivity index (χ1v) is 5.09. The third kappa shape index (κ3) is 1.62. The number of fused-ring (bicyclic) bond motifs is 1. The van der Waals surface area contributed by atoms with Crippen LogP contribution in [0, 0.1) is 0 Å². The summed E-state index contributed by atoms with van der Waals surface area (Å²) in [4.78, 5) is 0. The van der Waals surface area contributed by atoms with Crippen molar-refractivity contribution in [1.29, 1.82) is 0 Å². The van der Waals surface area contributed by atoms with Gasteiger partial charge in [-0.15, -0.1) is 0 Å². The van der Waals surface area contributed by atoms with E-state index in [0.29, 0.717) is 0 Å². The molecule has 76 valence electrons. The van der Waals surface area contributed by atoms with Crippen LogP contribution < -0.4 is 4.74 Å². The molecule has 2 heteroatoms. The molecule has 0 N–H and O–H groups in total. The summed E-state index contributed by atoms with van der Waals surface area (Å²) in [5.74, 6) is 1.06. The van der Waals surface area contributed by atoms with Crippen LogP contribution in [0.4, 0.5) is 0 Å². The Hall–Kier alpha value is -1.02. The van der Waals surface area contributed by atoms with Crippen molar-refractivity contribution in [3.05, 3.63) is 29.3 Å². The van der Waals surface area contributed by atoms with Crippen LogP contribution in [-0.4, -0.2) is 32.2 Å². The van der Waals surface area contributed by atoms with E-state index in [2.05, 4.69) is 32.3 Å². The van der Waals surface area contributed by atoms with E-state index in [1.807, 2.05) is 0 Å². The lowest BCUT2D eigenvalue weighted by Crippen LogP contribution is -2.43. The highest BCUT2D eigenvalue weighted by Crippen LogP contribution is 2.29. The Morgan fingerprint density at radius 2 is 2.07 bits per heavy atom. The Labute approximate surface area is 85.7 Å². The number of nitrogens with zero attached hydrogens (tertiary/aromatic N) is 1. The zero-order valence-electron chi connectivity index (χ0n) is 9.21. The number of hydrogen-bond donors (Lipinski definition) is 0. The molecule has 0 bridgehead atoms. The maximum absolute atomic E-state index is 5.37. The first kappa shape index (κ1) is 9.53. The zero-order valence-corrected chi connectivity index (χ0v) is 9.21. The van der Waals surface area contributed by atoms with Crippen molar-refractivity contribution in [3.63, 3.8) is 0 Å². The van der Waals surface area contributed by atoms with Gasteiger partial charge >= 0.3 is 0 Å². The number of ether oxygens (including phenoxy) is 1. The molecule has 0 amide bonds. The number of likely N-dealkylation sites (N-methyl/N-ethyl adjacent to an activating group) is 1. The van der Waals surface area contributed by atoms with Crippen molar-refractivity contribution in [2.45, 2.75) is 13.0 Å². The minimum Gasteiger partial charge on any atom is -0.496 e. The predicted molar refractivity (Wildman–Crippen MR) is 57.4 cm³/mol. The number of methoxy groups -OCH3 is 1. The summed E-state index contributed by atoms with van der Waals surface area (Å²) in [5.41, 5.74) is 2.85. The van der Waals surface area contributed by atoms with Gasteiger partial charge in [0.25, 0.3) is 0 Å². The summed E-state index contributed by atoms with van der Waals surface area (Å²) in [6.07, 6.45) is 1.13. The molecule has 0 aliphatic carbocycles. The molecule has 2 nitrogen and oxygen atoms in total. The van der Waals surface area contributed by atoms with Gasteiger partial charge in [-0.2, -0.15) is 0 Å². The molecular weight excluding hydrogens is 174 g/mol. The standard InChI is InChI=1S/C12H18NO/c1-13(2)8-7-11-10(9-13)5-4-6-12(11)14-3/h4-6H,7-9H2,1-3H3/q+1. The van der Waals surface area contributed by atoms with E-state index in [1.165, 1.54) is 17.7 Å². The molecule has 1 heterocycles. The lowest BCUT2D eigenvalue weighted by Gasteiger charge is -2.35. The molecule has 0 atom stereocenters. The molecule has 0 radical (unpaired) electrons. The molecule has 0 saturated heterocycles. The Kier molecular flexibility index (Phi) is 2.23. The average molecular weight is 192 g/mol. The average Bonchev–Trinajstić information content (AvgIpc) is 2.15. The smallest absolute Gasteiger partial charge is 0.122 e. The molecule has 2 rings (SSSR count). The Balaban J connectivity index is 2.40. The van der Waals surface area contributed by atoms with Crippen molar-refractivity contribution >= 4 is 0 Å². The van der Waals surface area contributed by atoms with Crippen LogP contribution in [0.2, 0.25) is 0 Å². The van der Waals surface area contributed by atoms with Gasteiger partial charge in [-0.1, -0.05) is 12.1 Å². The van der Waals surface area contributed by atoms with Gasteiger partial charge in [0.2, 0.25) is 0 Å². The van der Waals surface area contributed by atoms with Crippen molar-refractivity contribution in [2.75, 3.05) is 27.7 Å². The molecule has 1 aliphatic rings. The highest BCUT2D eigenvalue weighted by atomic mass is 16.5. The minimum atomic E-state index is 1.06. The quantitative estimate of drug-likeness (QED) is 0.617. The van der Waals surface area contributed by atoms with Gasteiger partial charge in [0.15, 0.2) is 0 Å². The third-order valence-electron chi connectivity index (χ3n) is 3.02. The van der Waals surface area contributed by atoms with Crippen molar-refractivity contribution < 1.29 is 9.22 Å². The van der Waals surface area contributed by atoms with Crippen molar-refractivity contribution in [3.8, 4) is 5.75 Å². The van der Waals surface area contributed by atoms with Crippen LogP contribution in [0.15, 0.2) is 18.2 Å². The summed E-state index contributed by atoms with van der Waals surface area (Å²) in [6, 6.07) is 6.37. The lowest BCUT2D eigenvalue weighted by molar-refractivity contribution is -0.905. The second-order valence-electron chi connectivity index (χ2n) is 4.67. The highest BCUT2D eigenvalue weighted by molar-refractivity contribution is 5.40. The fourth-order valence-electron chi connectivity index (χ4n) is 2.19. The number of benzene rings is 1. The molecule has 14 heavy (non-hydrogen) atoms. The molecular formula is C12H18NO+. The van der Waals surface area contributed by atoms with Gasteiger partial charge in [0.1, 0.15) is 12.3 Å². The maximum atomic E-state index is 5.37. The summed E-state index contributed by atoms with van der Waals surface area (Å²) < 4.78 is 6.46. The maximum Gasteiger partial charge on any atom is 0.122 e. The minimum absolute atomic E-state index is 1.06. The van der Waals surface area contributed by atoms with E-state index < -0.39 is 0 Å². The van der Waals surface area contributed by atoms with E-state index in [-0.39, 0.29) is 0 Å². The van der Waals surface area contributed by atoms with Gasteiger partial charge in [0.05, 0.1) is 27.7 Å². The molecule has 0 unspecified atom stereocenters. The van der Waals surface area contributed by atoms with Crippen LogP contribution in [0.3, 0.4) is 0 Å². The van der Waals surface area contributed by atoms with Crippen molar-refractivity contribution in [2.24, 2.45) is 0 Å². The van der Waals surface area contributed by atoms with Gasteiger partial charge in [-0.25, -0.2) is 0 Å². The normalized spacial score (nSPS) is 18.8. The fraction of sp³-hybridized carbons (Fsp3) is 0.500. The van der Waals surface area contributed by atoms with Crippen LogP contribution in [0.1, 0.15) is 11.1 Å². The fourth-order valence-corrected chi connectivity index (χ4v) is 2.19. The molecule has 0 fully saturated rings. The van der Waals surface area contributed by atoms with E-state index in [4.69, 9.17) is 4.74 Å². The molecule has 1 aromatic rings. The SMILES string of the molecule is COc1cccc2c1CC[N+](C)(C)C2. The monoisotopic (exact) mass is 192 g/mol. The first-order chi connectivity index (χ1) is 6.62. The molecule has 0 aromatic heterocycles. The topological polar surface area (TPSA) is 9.23 Å². The second kappa shape index (κ2) is 3.28. The predicted octanol–water partition coefficient (Wildman–Crippen LogP) is 1.83. The van der Waals surface area contributed by atoms with Crippen LogP contribution >= 0.6 is 0 Å². The van der Waals surface area contributed by atoms with Crippen LogP contribution in [0.25, 0.3) is 0 Å². The van der Waals surface area contributed by atoms with Gasteiger partial charge in [0, 0.05) is 17.5 Å². The zero-order chi connectivity index (χ0) is 10.2. The molecule has 1 aliphatic heterocycles. The van der Waals surface area contributed by atoms with Crippen molar-refractivity contribution in [1.82, 2.24) is 0 Å². The van der Waals surface area contributed by atoms with Crippen LogP contribution in [0.5, 0.6) is 5.75 Å². The Bertz CT molecular complexity index is 344. The summed E-state index contributed by atoms with van der Waals surface area (Å²) in [7, 11) is 6.31. The lowest BCUT2D eigenvalue weighted by atomic mass is 9.98. The third-order valence-corrected chi connectivity index (χ3v) is 3.02. The van der Waals surface area contributed by atoms with Gasteiger partial charge < -0.3 is 9.22 Å². The summed E-state index contributed by atoms with van der Waals surface area (Å²) in [6.45, 7) is 2.32. The van der Waals surface area contributed by atoms with E-state index in [0.717, 1.165) is 23.2 Å². The molecule has 0 spiro atoms. The summed E-state index contributed by atoms with van der Waals surface area (Å²) in [5, 5.41) is 0. The Morgan fingerprint density at radius 3 is 2.79 bits per heavy atom. The largest absolute Gasteiger partial charge is 0.496 e. The van der Waals surface area contributed by atoms with E-state index in [9.17, 15) is 0 Å². The number of quaternary nitrogens is 1. The van der Waals surface area contributed by atoms with E-state index in [1.54, 1.807) is 7.11 Å². The first-order valence-electron chi connectivity index (χ1n) is 5.09. The number of hydrogen-bond acceptors (Lipinski definition) is 1. The Morgan fingerprint density at radius 1 is 1.29 bits per heavy atom.